The molecule has 2 aliphatic rings. The van der Waals surface area contributed by atoms with E-state index in [1.54, 1.807) is 30.2 Å². The molecule has 0 unspecified atom stereocenters. The number of ether oxygens (including phenoxy) is 1. The average Bonchev–Trinajstić information content (AvgIpc) is 2.93. The molecule has 0 aliphatic carbocycles. The second-order valence-electron chi connectivity index (χ2n) is 9.74. The van der Waals surface area contributed by atoms with Crippen LogP contribution < -0.4 is 10.1 Å². The second-order valence-corrected chi connectivity index (χ2v) is 9.74. The lowest BCUT2D eigenvalue weighted by molar-refractivity contribution is -0.0585. The zero-order chi connectivity index (χ0) is 26.5. The highest BCUT2D eigenvalue weighted by molar-refractivity contribution is 5.89. The second kappa shape index (κ2) is 11.7. The number of anilines is 1. The van der Waals surface area contributed by atoms with Gasteiger partial charge in [0.15, 0.2) is 0 Å². The number of amides is 2. The van der Waals surface area contributed by atoms with Gasteiger partial charge in [0, 0.05) is 42.2 Å². The van der Waals surface area contributed by atoms with Crippen LogP contribution in [0.4, 0.5) is 14.9 Å². The van der Waals surface area contributed by atoms with E-state index in [2.05, 4.69) is 34.2 Å². The number of aliphatic hydroxyl groups excluding tert-OH is 1. The summed E-state index contributed by atoms with van der Waals surface area (Å²) in [7, 11) is 1.64. The van der Waals surface area contributed by atoms with E-state index in [9.17, 15) is 14.3 Å². The number of halogens is 1. The molecule has 0 aromatic heterocycles. The van der Waals surface area contributed by atoms with Crippen molar-refractivity contribution in [1.82, 2.24) is 9.80 Å². The Kier molecular flexibility index (Phi) is 7.92. The van der Waals surface area contributed by atoms with Gasteiger partial charge in [0.2, 0.25) is 0 Å². The molecule has 3 aromatic carbocycles. The van der Waals surface area contributed by atoms with Crippen molar-refractivity contribution in [3.8, 4) is 17.6 Å². The quantitative estimate of drug-likeness (QED) is 0.497. The van der Waals surface area contributed by atoms with Crippen molar-refractivity contribution in [3.05, 3.63) is 95.3 Å². The normalized spacial score (nSPS) is 21.1. The maximum Gasteiger partial charge on any atom is 0.321 e. The summed E-state index contributed by atoms with van der Waals surface area (Å²) in [6.07, 6.45) is 1.79. The van der Waals surface area contributed by atoms with Crippen molar-refractivity contribution in [2.45, 2.75) is 30.8 Å². The first-order valence-corrected chi connectivity index (χ1v) is 13.0. The van der Waals surface area contributed by atoms with Gasteiger partial charge in [-0.2, -0.15) is 0 Å². The third-order valence-corrected chi connectivity index (χ3v) is 7.51. The Balaban J connectivity index is 1.31. The van der Waals surface area contributed by atoms with Gasteiger partial charge in [0.05, 0.1) is 19.4 Å². The molecule has 7 heteroatoms. The van der Waals surface area contributed by atoms with Gasteiger partial charge in [-0.25, -0.2) is 9.18 Å². The van der Waals surface area contributed by atoms with E-state index >= 15 is 0 Å². The third kappa shape index (κ3) is 5.52. The molecular weight excluding hydrogens is 481 g/mol. The van der Waals surface area contributed by atoms with Gasteiger partial charge < -0.3 is 20.1 Å². The van der Waals surface area contributed by atoms with Crippen LogP contribution in [0, 0.1) is 17.7 Å². The molecule has 2 heterocycles. The van der Waals surface area contributed by atoms with E-state index in [1.165, 1.54) is 6.07 Å². The number of fused-ring (bicyclic) bond motifs is 1. The van der Waals surface area contributed by atoms with Crippen molar-refractivity contribution < 1.29 is 19.0 Å². The van der Waals surface area contributed by atoms with E-state index in [-0.39, 0.29) is 36.3 Å². The molecule has 3 atom stereocenters. The summed E-state index contributed by atoms with van der Waals surface area (Å²) < 4.78 is 19.3. The van der Waals surface area contributed by atoms with Crippen molar-refractivity contribution in [2.24, 2.45) is 0 Å². The summed E-state index contributed by atoms with van der Waals surface area (Å²) in [5, 5.41) is 12.9. The van der Waals surface area contributed by atoms with E-state index in [4.69, 9.17) is 4.74 Å². The summed E-state index contributed by atoms with van der Waals surface area (Å²) in [6, 6.07) is 21.8. The average molecular weight is 514 g/mol. The molecule has 3 aromatic rings. The molecule has 0 bridgehead atoms. The van der Waals surface area contributed by atoms with Gasteiger partial charge in [-0.1, -0.05) is 36.1 Å². The maximum atomic E-state index is 14.1. The summed E-state index contributed by atoms with van der Waals surface area (Å²) in [5.41, 5.74) is 3.12. The zero-order valence-corrected chi connectivity index (χ0v) is 21.4. The molecule has 0 radical (unpaired) electrons. The lowest BCUT2D eigenvalue weighted by Gasteiger charge is -2.57. The van der Waals surface area contributed by atoms with Crippen LogP contribution in [-0.2, 0) is 0 Å². The van der Waals surface area contributed by atoms with Gasteiger partial charge >= 0.3 is 6.03 Å². The zero-order valence-electron chi connectivity index (χ0n) is 21.4. The molecule has 5 rings (SSSR count). The Hall–Kier alpha value is -3.86. The first-order chi connectivity index (χ1) is 18.6. The predicted octanol–water partition coefficient (Wildman–Crippen LogP) is 4.69. The Labute approximate surface area is 223 Å². The SMILES string of the molecule is COc1ccc(C#Cc2ccc([C@H]3[C@@H](CO)N4CCCCN(C(=O)Nc5ccccc5F)C[C@@H]34)cc2)cc1. The van der Waals surface area contributed by atoms with Crippen molar-refractivity contribution in [3.63, 3.8) is 0 Å². The van der Waals surface area contributed by atoms with Crippen molar-refractivity contribution >= 4 is 11.7 Å². The summed E-state index contributed by atoms with van der Waals surface area (Å²) in [4.78, 5) is 17.2. The third-order valence-electron chi connectivity index (χ3n) is 7.51. The standard InChI is InChI=1S/C31H32FN3O3/c1-38-25-16-12-23(13-17-25)9-8-22-10-14-24(15-11-22)30-28-20-34(18-4-5-19-35(28)29(30)21-36)31(37)33-27-7-3-2-6-26(27)32/h2-3,6-7,10-17,28-30,36H,4-5,18-21H2,1H3,(H,33,37)/t28-,29+,30+/m0/s1. The van der Waals surface area contributed by atoms with Gasteiger partial charge in [-0.05, 0) is 73.5 Å². The lowest BCUT2D eigenvalue weighted by atomic mass is 9.74. The molecule has 2 N–H and O–H groups in total. The van der Waals surface area contributed by atoms with Crippen LogP contribution in [-0.4, -0.2) is 66.4 Å². The maximum absolute atomic E-state index is 14.1. The summed E-state index contributed by atoms with van der Waals surface area (Å²) in [6.45, 7) is 2.07. The van der Waals surface area contributed by atoms with Crippen LogP contribution in [0.5, 0.6) is 5.75 Å². The van der Waals surface area contributed by atoms with Gasteiger partial charge in [0.25, 0.3) is 0 Å². The number of urea groups is 1. The number of hydrogen-bond donors (Lipinski definition) is 2. The first kappa shape index (κ1) is 25.8. The molecule has 2 aliphatic heterocycles. The Morgan fingerprint density at radius 1 is 1.00 bits per heavy atom. The fourth-order valence-electron chi connectivity index (χ4n) is 5.49. The molecule has 6 nitrogen and oxygen atoms in total. The number of carbonyl (C=O) groups is 1. The van der Waals surface area contributed by atoms with E-state index in [1.807, 2.05) is 36.4 Å². The van der Waals surface area contributed by atoms with Crippen LogP contribution in [0.15, 0.2) is 72.8 Å². The van der Waals surface area contributed by atoms with Crippen molar-refractivity contribution in [2.75, 3.05) is 38.7 Å². The summed E-state index contributed by atoms with van der Waals surface area (Å²) in [5.74, 6) is 6.82. The van der Waals surface area contributed by atoms with Crippen LogP contribution in [0.25, 0.3) is 0 Å². The van der Waals surface area contributed by atoms with Crippen LogP contribution in [0.1, 0.15) is 35.4 Å². The Morgan fingerprint density at radius 3 is 2.32 bits per heavy atom. The van der Waals surface area contributed by atoms with E-state index in [0.717, 1.165) is 41.8 Å². The smallest absolute Gasteiger partial charge is 0.321 e. The molecule has 0 spiro atoms. The molecule has 0 saturated carbocycles. The van der Waals surface area contributed by atoms with Crippen LogP contribution in [0.3, 0.4) is 0 Å². The number of nitrogens with zero attached hydrogens (tertiary/aromatic N) is 2. The van der Waals surface area contributed by atoms with Crippen molar-refractivity contribution in [1.29, 1.82) is 0 Å². The van der Waals surface area contributed by atoms with Gasteiger partial charge in [-0.3, -0.25) is 4.90 Å². The predicted molar refractivity (Wildman–Crippen MR) is 146 cm³/mol. The minimum absolute atomic E-state index is 0.00538. The minimum atomic E-state index is -0.452. The lowest BCUT2D eigenvalue weighted by Crippen LogP contribution is -2.68. The Morgan fingerprint density at radius 2 is 1.66 bits per heavy atom. The molecular formula is C31H32FN3O3. The number of benzene rings is 3. The fourth-order valence-corrected chi connectivity index (χ4v) is 5.49. The number of hydrogen-bond acceptors (Lipinski definition) is 4. The fraction of sp³-hybridized carbons (Fsp3) is 0.323. The largest absolute Gasteiger partial charge is 0.497 e. The van der Waals surface area contributed by atoms with E-state index < -0.39 is 5.82 Å². The number of carbonyl (C=O) groups excluding carboxylic acids is 1. The first-order valence-electron chi connectivity index (χ1n) is 13.0. The highest BCUT2D eigenvalue weighted by atomic mass is 19.1. The highest BCUT2D eigenvalue weighted by Crippen LogP contribution is 2.42. The number of aliphatic hydroxyl groups is 1. The monoisotopic (exact) mass is 513 g/mol. The van der Waals surface area contributed by atoms with Crippen LogP contribution >= 0.6 is 0 Å². The molecule has 38 heavy (non-hydrogen) atoms. The van der Waals surface area contributed by atoms with Crippen LogP contribution in [0.2, 0.25) is 0 Å². The minimum Gasteiger partial charge on any atom is -0.497 e. The molecule has 2 amide bonds. The number of rotatable bonds is 4. The highest BCUT2D eigenvalue weighted by Gasteiger charge is 2.49. The number of nitrogens with one attached hydrogen (secondary N) is 1. The summed E-state index contributed by atoms with van der Waals surface area (Å²) >= 11 is 0. The Bertz CT molecular complexity index is 1320. The number of para-hydroxylation sites is 1. The topological polar surface area (TPSA) is 65.0 Å². The molecule has 2 fully saturated rings. The van der Waals surface area contributed by atoms with E-state index in [0.29, 0.717) is 13.1 Å². The van der Waals surface area contributed by atoms with Gasteiger partial charge in [0.1, 0.15) is 11.6 Å². The molecule has 196 valence electrons. The van der Waals surface area contributed by atoms with Gasteiger partial charge in [-0.15, -0.1) is 0 Å². The molecule has 2 saturated heterocycles. The number of methoxy groups -OCH3 is 1.